The fourth-order valence-corrected chi connectivity index (χ4v) is 3.64. The van der Waals surface area contributed by atoms with Gasteiger partial charge < -0.3 is 0 Å². The van der Waals surface area contributed by atoms with Crippen LogP contribution in [0.4, 0.5) is 0 Å². The summed E-state index contributed by atoms with van der Waals surface area (Å²) in [7, 11) is 0. The van der Waals surface area contributed by atoms with Crippen LogP contribution in [0.1, 0.15) is 21.8 Å². The first kappa shape index (κ1) is 14.4. The zero-order valence-electron chi connectivity index (χ0n) is 12.9. The van der Waals surface area contributed by atoms with Crippen molar-refractivity contribution in [2.24, 2.45) is 0 Å². The third kappa shape index (κ3) is 3.00. The molecule has 0 bridgehead atoms. The first-order valence-corrected chi connectivity index (χ1v) is 8.54. The molecule has 116 valence electrons. The molecule has 23 heavy (non-hydrogen) atoms. The summed E-state index contributed by atoms with van der Waals surface area (Å²) in [4.78, 5) is 21.5. The molecule has 3 aromatic rings. The van der Waals surface area contributed by atoms with Crippen LogP contribution in [0.15, 0.2) is 36.2 Å². The van der Waals surface area contributed by atoms with E-state index in [-0.39, 0.29) is 0 Å². The van der Waals surface area contributed by atoms with Crippen molar-refractivity contribution in [1.29, 1.82) is 0 Å². The standard InChI is InChI=1S/C17H17N5S/c1-12-16(23-11-20-12)10-22-6-4-15-14(9-22)8-19-17(21-15)13-3-2-5-18-7-13/h2-3,5,7-8,11H,4,6,9-10H2,1H3. The number of nitrogens with zero attached hydrogens (tertiary/aromatic N) is 5. The van der Waals surface area contributed by atoms with Crippen molar-refractivity contribution in [2.45, 2.75) is 26.4 Å². The molecule has 0 atom stereocenters. The minimum atomic E-state index is 0.767. The maximum atomic E-state index is 4.75. The number of hydrogen-bond acceptors (Lipinski definition) is 6. The van der Waals surface area contributed by atoms with Gasteiger partial charge in [-0.3, -0.25) is 9.88 Å². The number of aryl methyl sites for hydroxylation is 1. The molecule has 4 rings (SSSR count). The van der Waals surface area contributed by atoms with E-state index in [1.54, 1.807) is 17.5 Å². The van der Waals surface area contributed by atoms with Gasteiger partial charge in [-0.2, -0.15) is 0 Å². The highest BCUT2D eigenvalue weighted by Gasteiger charge is 2.20. The van der Waals surface area contributed by atoms with Crippen LogP contribution in [0.3, 0.4) is 0 Å². The van der Waals surface area contributed by atoms with E-state index in [0.717, 1.165) is 48.8 Å². The van der Waals surface area contributed by atoms with E-state index in [1.807, 2.05) is 30.0 Å². The Morgan fingerprint density at radius 2 is 2.22 bits per heavy atom. The fourth-order valence-electron chi connectivity index (χ4n) is 2.82. The number of aromatic nitrogens is 4. The lowest BCUT2D eigenvalue weighted by molar-refractivity contribution is 0.244. The van der Waals surface area contributed by atoms with E-state index >= 15 is 0 Å². The van der Waals surface area contributed by atoms with Gasteiger partial charge in [-0.05, 0) is 19.1 Å². The Morgan fingerprint density at radius 3 is 3.00 bits per heavy atom. The summed E-state index contributed by atoms with van der Waals surface area (Å²) in [6.45, 7) is 4.96. The van der Waals surface area contributed by atoms with Gasteiger partial charge in [0, 0.05) is 60.6 Å². The second-order valence-corrected chi connectivity index (χ2v) is 6.67. The predicted octanol–water partition coefficient (Wildman–Crippen LogP) is 2.86. The maximum absolute atomic E-state index is 4.75. The number of rotatable bonds is 3. The Morgan fingerprint density at radius 1 is 1.26 bits per heavy atom. The van der Waals surface area contributed by atoms with Crippen LogP contribution in [0.25, 0.3) is 11.4 Å². The van der Waals surface area contributed by atoms with Crippen molar-refractivity contribution in [3.63, 3.8) is 0 Å². The van der Waals surface area contributed by atoms with Gasteiger partial charge >= 0.3 is 0 Å². The van der Waals surface area contributed by atoms with Crippen molar-refractivity contribution in [2.75, 3.05) is 6.54 Å². The first-order chi connectivity index (χ1) is 11.3. The summed E-state index contributed by atoms with van der Waals surface area (Å²) in [5.74, 6) is 0.767. The molecule has 0 radical (unpaired) electrons. The molecular weight excluding hydrogens is 306 g/mol. The molecule has 0 saturated heterocycles. The third-order valence-corrected chi connectivity index (χ3v) is 5.06. The zero-order valence-corrected chi connectivity index (χ0v) is 13.8. The summed E-state index contributed by atoms with van der Waals surface area (Å²) in [6.07, 6.45) is 6.50. The monoisotopic (exact) mass is 323 g/mol. The number of pyridine rings is 1. The Hall–Kier alpha value is -2.18. The second-order valence-electron chi connectivity index (χ2n) is 5.73. The summed E-state index contributed by atoms with van der Waals surface area (Å²) >= 11 is 1.73. The van der Waals surface area contributed by atoms with Crippen LogP contribution in [0.2, 0.25) is 0 Å². The van der Waals surface area contributed by atoms with Gasteiger partial charge in [0.15, 0.2) is 5.82 Å². The highest BCUT2D eigenvalue weighted by atomic mass is 32.1. The van der Waals surface area contributed by atoms with Crippen LogP contribution in [-0.4, -0.2) is 31.4 Å². The fraction of sp³-hybridized carbons (Fsp3) is 0.294. The SMILES string of the molecule is Cc1ncsc1CN1CCc2nc(-c3cccnc3)ncc2C1. The van der Waals surface area contributed by atoms with Crippen LogP contribution >= 0.6 is 11.3 Å². The third-order valence-electron chi connectivity index (χ3n) is 4.14. The molecule has 0 saturated carbocycles. The maximum Gasteiger partial charge on any atom is 0.160 e. The van der Waals surface area contributed by atoms with Crippen molar-refractivity contribution in [1.82, 2.24) is 24.8 Å². The molecule has 0 aliphatic carbocycles. The normalized spacial score (nSPS) is 14.7. The lowest BCUT2D eigenvalue weighted by Crippen LogP contribution is -2.30. The molecule has 4 heterocycles. The van der Waals surface area contributed by atoms with Gasteiger partial charge in [-0.15, -0.1) is 11.3 Å². The molecule has 6 heteroatoms. The van der Waals surface area contributed by atoms with Crippen LogP contribution in [0.5, 0.6) is 0 Å². The molecule has 0 aromatic carbocycles. The Balaban J connectivity index is 1.53. The minimum absolute atomic E-state index is 0.767. The van der Waals surface area contributed by atoms with E-state index in [1.165, 1.54) is 10.4 Å². The van der Waals surface area contributed by atoms with Gasteiger partial charge in [0.05, 0.1) is 16.9 Å². The summed E-state index contributed by atoms with van der Waals surface area (Å²) in [5, 5.41) is 0. The molecule has 0 amide bonds. The molecular formula is C17H17N5S. The Kier molecular flexibility index (Phi) is 3.85. The highest BCUT2D eigenvalue weighted by Crippen LogP contribution is 2.23. The lowest BCUT2D eigenvalue weighted by atomic mass is 10.1. The first-order valence-electron chi connectivity index (χ1n) is 7.66. The smallest absolute Gasteiger partial charge is 0.160 e. The van der Waals surface area contributed by atoms with Crippen LogP contribution in [0, 0.1) is 6.92 Å². The van der Waals surface area contributed by atoms with E-state index in [4.69, 9.17) is 4.98 Å². The largest absolute Gasteiger partial charge is 0.293 e. The Labute approximate surface area is 139 Å². The van der Waals surface area contributed by atoms with Gasteiger partial charge in [-0.1, -0.05) is 0 Å². The topological polar surface area (TPSA) is 54.8 Å². The van der Waals surface area contributed by atoms with E-state index < -0.39 is 0 Å². The van der Waals surface area contributed by atoms with Crippen molar-refractivity contribution < 1.29 is 0 Å². The Bertz CT molecular complexity index is 815. The van der Waals surface area contributed by atoms with Crippen LogP contribution in [-0.2, 0) is 19.5 Å². The molecule has 1 aliphatic heterocycles. The second kappa shape index (κ2) is 6.14. The molecule has 0 unspecified atom stereocenters. The summed E-state index contributed by atoms with van der Waals surface area (Å²) in [6, 6.07) is 3.91. The van der Waals surface area contributed by atoms with Crippen molar-refractivity contribution in [3.05, 3.63) is 58.1 Å². The van der Waals surface area contributed by atoms with E-state index in [0.29, 0.717) is 0 Å². The zero-order chi connectivity index (χ0) is 15.6. The quantitative estimate of drug-likeness (QED) is 0.742. The van der Waals surface area contributed by atoms with Gasteiger partial charge in [-0.25, -0.2) is 15.0 Å². The minimum Gasteiger partial charge on any atom is -0.293 e. The highest BCUT2D eigenvalue weighted by molar-refractivity contribution is 7.09. The molecule has 0 fully saturated rings. The van der Waals surface area contributed by atoms with Gasteiger partial charge in [0.2, 0.25) is 0 Å². The van der Waals surface area contributed by atoms with Crippen molar-refractivity contribution in [3.8, 4) is 11.4 Å². The van der Waals surface area contributed by atoms with Gasteiger partial charge in [0.25, 0.3) is 0 Å². The van der Waals surface area contributed by atoms with Crippen LogP contribution < -0.4 is 0 Å². The van der Waals surface area contributed by atoms with E-state index in [2.05, 4.69) is 26.8 Å². The summed E-state index contributed by atoms with van der Waals surface area (Å²) in [5.41, 5.74) is 6.43. The average Bonchev–Trinajstić information content (AvgIpc) is 3.00. The van der Waals surface area contributed by atoms with Gasteiger partial charge in [0.1, 0.15) is 0 Å². The molecule has 1 aliphatic rings. The average molecular weight is 323 g/mol. The predicted molar refractivity (Wildman–Crippen MR) is 89.9 cm³/mol. The summed E-state index contributed by atoms with van der Waals surface area (Å²) < 4.78 is 0. The lowest BCUT2D eigenvalue weighted by Gasteiger charge is -2.27. The molecule has 0 N–H and O–H groups in total. The molecule has 0 spiro atoms. The van der Waals surface area contributed by atoms with E-state index in [9.17, 15) is 0 Å². The number of fused-ring (bicyclic) bond motifs is 1. The molecule has 5 nitrogen and oxygen atoms in total. The number of thiazole rings is 1. The number of hydrogen-bond donors (Lipinski definition) is 0. The van der Waals surface area contributed by atoms with Crippen molar-refractivity contribution >= 4 is 11.3 Å². The molecule has 3 aromatic heterocycles.